The van der Waals surface area contributed by atoms with Crippen molar-refractivity contribution in [1.29, 1.82) is 5.26 Å². The van der Waals surface area contributed by atoms with Gasteiger partial charge in [-0.2, -0.15) is 5.26 Å². The van der Waals surface area contributed by atoms with Crippen LogP contribution in [0.2, 0.25) is 0 Å². The van der Waals surface area contributed by atoms with Crippen molar-refractivity contribution in [2.45, 2.75) is 57.9 Å². The van der Waals surface area contributed by atoms with Crippen molar-refractivity contribution in [3.8, 4) is 6.07 Å². The minimum absolute atomic E-state index is 0.119. The third-order valence-electron chi connectivity index (χ3n) is 6.17. The molecule has 0 spiro atoms. The number of nitrogens with one attached hydrogen (secondary N) is 1. The number of amides is 1. The summed E-state index contributed by atoms with van der Waals surface area (Å²) in [5.41, 5.74) is 1.61. The Morgan fingerprint density at radius 1 is 1.19 bits per heavy atom. The number of piperidine rings is 1. The molecule has 0 radical (unpaired) electrons. The van der Waals surface area contributed by atoms with E-state index in [9.17, 15) is 10.1 Å². The highest BCUT2D eigenvalue weighted by molar-refractivity contribution is 5.97. The van der Waals surface area contributed by atoms with E-state index in [-0.39, 0.29) is 11.5 Å². The number of hydrogen-bond donors (Lipinski definition) is 1. The number of nitriles is 1. The zero-order chi connectivity index (χ0) is 19.1. The van der Waals surface area contributed by atoms with Gasteiger partial charge < -0.3 is 10.2 Å². The molecule has 2 unspecified atom stereocenters. The van der Waals surface area contributed by atoms with Crippen LogP contribution in [0.25, 0.3) is 0 Å². The van der Waals surface area contributed by atoms with Crippen molar-refractivity contribution in [3.05, 3.63) is 47.7 Å². The van der Waals surface area contributed by atoms with E-state index in [1.165, 1.54) is 24.8 Å². The Morgan fingerprint density at radius 2 is 1.89 bits per heavy atom. The monoisotopic (exact) mass is 365 g/mol. The van der Waals surface area contributed by atoms with Gasteiger partial charge in [-0.15, -0.1) is 0 Å². The second-order valence-electron chi connectivity index (χ2n) is 8.13. The molecular formula is C23H31N3O. The minimum Gasteiger partial charge on any atom is -0.387 e. The van der Waals surface area contributed by atoms with Gasteiger partial charge in [-0.1, -0.05) is 50.1 Å². The van der Waals surface area contributed by atoms with Crippen LogP contribution in [0.1, 0.15) is 51.0 Å². The van der Waals surface area contributed by atoms with Gasteiger partial charge in [0.1, 0.15) is 11.6 Å². The molecule has 0 aromatic heterocycles. The summed E-state index contributed by atoms with van der Waals surface area (Å²) in [5.74, 6) is 1.09. The molecule has 0 bridgehead atoms. The fourth-order valence-corrected chi connectivity index (χ4v) is 4.35. The quantitative estimate of drug-likeness (QED) is 0.633. The minimum atomic E-state index is -0.119. The predicted octanol–water partition coefficient (Wildman–Crippen LogP) is 4.04. The molecule has 1 N–H and O–H groups in total. The highest BCUT2D eigenvalue weighted by atomic mass is 16.2. The molecule has 4 nitrogen and oxygen atoms in total. The Balaban J connectivity index is 1.51. The highest BCUT2D eigenvalue weighted by Crippen LogP contribution is 2.25. The molecule has 4 heteroatoms. The van der Waals surface area contributed by atoms with E-state index in [0.29, 0.717) is 17.9 Å². The van der Waals surface area contributed by atoms with Crippen LogP contribution in [-0.2, 0) is 11.2 Å². The normalized spacial score (nSPS) is 24.3. The van der Waals surface area contributed by atoms with E-state index in [1.807, 2.05) is 11.0 Å². The molecule has 1 heterocycles. The smallest absolute Gasteiger partial charge is 0.265 e. The van der Waals surface area contributed by atoms with Gasteiger partial charge in [-0.3, -0.25) is 4.79 Å². The first-order chi connectivity index (χ1) is 13.2. The number of nitrogens with zero attached hydrogens (tertiary/aromatic N) is 2. The SMILES string of the molecule is CC1CCCCC1N/C=C(/C#N)C(=O)N1CCC(Cc2ccccc2)CC1. The lowest BCUT2D eigenvalue weighted by molar-refractivity contribution is -0.128. The van der Waals surface area contributed by atoms with Gasteiger partial charge in [0.25, 0.3) is 5.91 Å². The van der Waals surface area contributed by atoms with Gasteiger partial charge in [0, 0.05) is 25.3 Å². The average Bonchev–Trinajstić information content (AvgIpc) is 2.71. The van der Waals surface area contributed by atoms with Crippen LogP contribution in [0.3, 0.4) is 0 Å². The first-order valence-electron chi connectivity index (χ1n) is 10.4. The van der Waals surface area contributed by atoms with Crippen LogP contribution >= 0.6 is 0 Å². The number of carbonyl (C=O) groups is 1. The van der Waals surface area contributed by atoms with E-state index < -0.39 is 0 Å². The molecular weight excluding hydrogens is 334 g/mol. The maximum absolute atomic E-state index is 12.7. The van der Waals surface area contributed by atoms with E-state index >= 15 is 0 Å². The molecule has 1 saturated carbocycles. The maximum atomic E-state index is 12.7. The van der Waals surface area contributed by atoms with Gasteiger partial charge in [-0.05, 0) is 49.5 Å². The molecule has 1 saturated heterocycles. The largest absolute Gasteiger partial charge is 0.387 e. The van der Waals surface area contributed by atoms with Crippen LogP contribution in [0.15, 0.2) is 42.1 Å². The Morgan fingerprint density at radius 3 is 2.56 bits per heavy atom. The van der Waals surface area contributed by atoms with Crippen molar-refractivity contribution in [2.75, 3.05) is 13.1 Å². The Labute approximate surface area is 163 Å². The van der Waals surface area contributed by atoms with Crippen molar-refractivity contribution in [3.63, 3.8) is 0 Å². The molecule has 1 aromatic rings. The van der Waals surface area contributed by atoms with Crippen molar-refractivity contribution in [2.24, 2.45) is 11.8 Å². The van der Waals surface area contributed by atoms with Crippen LogP contribution in [0, 0.1) is 23.2 Å². The van der Waals surface area contributed by atoms with E-state index in [0.717, 1.165) is 38.8 Å². The van der Waals surface area contributed by atoms with Crippen LogP contribution in [0.5, 0.6) is 0 Å². The number of benzene rings is 1. The summed E-state index contributed by atoms with van der Waals surface area (Å²) in [5, 5.41) is 12.8. The van der Waals surface area contributed by atoms with Gasteiger partial charge in [0.05, 0.1) is 0 Å². The molecule has 1 aliphatic carbocycles. The van der Waals surface area contributed by atoms with Crippen molar-refractivity contribution >= 4 is 5.91 Å². The third kappa shape index (κ3) is 5.35. The lowest BCUT2D eigenvalue weighted by Crippen LogP contribution is -2.40. The molecule has 1 aliphatic heterocycles. The summed E-state index contributed by atoms with van der Waals surface area (Å²) in [6, 6.07) is 13.0. The standard InChI is InChI=1S/C23H31N3O/c1-18-7-5-6-10-22(18)25-17-21(16-24)23(27)26-13-11-20(12-14-26)15-19-8-3-2-4-9-19/h2-4,8-9,17-18,20,22,25H,5-7,10-15H2,1H3/b21-17-. The first kappa shape index (κ1) is 19.5. The number of hydrogen-bond acceptors (Lipinski definition) is 3. The molecule has 3 rings (SSSR count). The Bertz CT molecular complexity index is 683. The summed E-state index contributed by atoms with van der Waals surface area (Å²) in [6.07, 6.45) is 9.60. The molecule has 2 atom stereocenters. The van der Waals surface area contributed by atoms with Gasteiger partial charge in [-0.25, -0.2) is 0 Å². The Kier molecular flexibility index (Phi) is 6.92. The van der Waals surface area contributed by atoms with Gasteiger partial charge in [0.15, 0.2) is 0 Å². The maximum Gasteiger partial charge on any atom is 0.265 e. The number of likely N-dealkylation sites (tertiary alicyclic amines) is 1. The predicted molar refractivity (Wildman–Crippen MR) is 108 cm³/mol. The molecule has 2 aliphatic rings. The van der Waals surface area contributed by atoms with Gasteiger partial charge >= 0.3 is 0 Å². The van der Waals surface area contributed by atoms with Crippen LogP contribution < -0.4 is 5.32 Å². The van der Waals surface area contributed by atoms with Crippen molar-refractivity contribution < 1.29 is 4.79 Å². The van der Waals surface area contributed by atoms with E-state index in [4.69, 9.17) is 0 Å². The molecule has 27 heavy (non-hydrogen) atoms. The average molecular weight is 366 g/mol. The van der Waals surface area contributed by atoms with Gasteiger partial charge in [0.2, 0.25) is 0 Å². The zero-order valence-electron chi connectivity index (χ0n) is 16.4. The molecule has 144 valence electrons. The van der Waals surface area contributed by atoms with E-state index in [2.05, 4.69) is 42.6 Å². The fraction of sp³-hybridized carbons (Fsp3) is 0.565. The lowest BCUT2D eigenvalue weighted by atomic mass is 9.86. The van der Waals surface area contributed by atoms with Crippen LogP contribution in [-0.4, -0.2) is 29.9 Å². The summed E-state index contributed by atoms with van der Waals surface area (Å²) in [4.78, 5) is 14.6. The highest BCUT2D eigenvalue weighted by Gasteiger charge is 2.26. The second-order valence-corrected chi connectivity index (χ2v) is 8.13. The summed E-state index contributed by atoms with van der Waals surface area (Å²) in [7, 11) is 0. The second kappa shape index (κ2) is 9.60. The van der Waals surface area contributed by atoms with E-state index in [1.54, 1.807) is 6.20 Å². The Hall–Kier alpha value is -2.28. The number of carbonyl (C=O) groups excluding carboxylic acids is 1. The topological polar surface area (TPSA) is 56.1 Å². The molecule has 1 aromatic carbocycles. The molecule has 2 fully saturated rings. The zero-order valence-corrected chi connectivity index (χ0v) is 16.4. The lowest BCUT2D eigenvalue weighted by Gasteiger charge is -2.32. The van der Waals surface area contributed by atoms with Crippen LogP contribution in [0.4, 0.5) is 0 Å². The fourth-order valence-electron chi connectivity index (χ4n) is 4.35. The third-order valence-corrected chi connectivity index (χ3v) is 6.17. The van der Waals surface area contributed by atoms with Crippen molar-refractivity contribution in [1.82, 2.24) is 10.2 Å². The summed E-state index contributed by atoms with van der Waals surface area (Å²) >= 11 is 0. The summed E-state index contributed by atoms with van der Waals surface area (Å²) in [6.45, 7) is 3.74. The molecule has 1 amide bonds. The summed E-state index contributed by atoms with van der Waals surface area (Å²) < 4.78 is 0. The number of rotatable bonds is 5. The first-order valence-corrected chi connectivity index (χ1v) is 10.4.